The lowest BCUT2D eigenvalue weighted by molar-refractivity contribution is -0.116. The van der Waals surface area contributed by atoms with Gasteiger partial charge in [0, 0.05) is 0 Å². The first-order chi connectivity index (χ1) is 9.79. The SMILES string of the molecule is O=CN1c2ccccc2NC(=O)CC1c1ccccc1. The molecule has 100 valence electrons. The zero-order chi connectivity index (χ0) is 13.9. The molecule has 0 bridgehead atoms. The molecule has 1 aliphatic heterocycles. The number of carbonyl (C=O) groups is 2. The third-order valence-electron chi connectivity index (χ3n) is 3.47. The topological polar surface area (TPSA) is 49.4 Å². The van der Waals surface area contributed by atoms with E-state index >= 15 is 0 Å². The third-order valence-corrected chi connectivity index (χ3v) is 3.47. The maximum absolute atomic E-state index is 12.0. The molecule has 1 N–H and O–H groups in total. The summed E-state index contributed by atoms with van der Waals surface area (Å²) in [5, 5.41) is 2.85. The van der Waals surface area contributed by atoms with Crippen molar-refractivity contribution in [1.82, 2.24) is 0 Å². The van der Waals surface area contributed by atoms with Crippen LogP contribution < -0.4 is 10.2 Å². The molecule has 0 spiro atoms. The molecule has 0 aliphatic carbocycles. The lowest BCUT2D eigenvalue weighted by Crippen LogP contribution is -2.27. The minimum atomic E-state index is -0.280. The van der Waals surface area contributed by atoms with Crippen LogP contribution in [0.3, 0.4) is 0 Å². The number of para-hydroxylation sites is 2. The summed E-state index contributed by atoms with van der Waals surface area (Å²) in [7, 11) is 0. The monoisotopic (exact) mass is 266 g/mol. The molecule has 1 atom stereocenters. The number of nitrogens with one attached hydrogen (secondary N) is 1. The van der Waals surface area contributed by atoms with E-state index in [-0.39, 0.29) is 18.4 Å². The van der Waals surface area contributed by atoms with Gasteiger partial charge in [-0.05, 0) is 17.7 Å². The molecule has 20 heavy (non-hydrogen) atoms. The smallest absolute Gasteiger partial charge is 0.226 e. The van der Waals surface area contributed by atoms with Crippen molar-refractivity contribution in [2.45, 2.75) is 12.5 Å². The van der Waals surface area contributed by atoms with Crippen LogP contribution in [0.15, 0.2) is 54.6 Å². The quantitative estimate of drug-likeness (QED) is 0.850. The van der Waals surface area contributed by atoms with Gasteiger partial charge in [-0.2, -0.15) is 0 Å². The van der Waals surface area contributed by atoms with E-state index in [0.29, 0.717) is 5.69 Å². The van der Waals surface area contributed by atoms with E-state index in [4.69, 9.17) is 0 Å². The van der Waals surface area contributed by atoms with Crippen LogP contribution in [0.1, 0.15) is 18.0 Å². The average molecular weight is 266 g/mol. The van der Waals surface area contributed by atoms with Gasteiger partial charge in [0.05, 0.1) is 23.8 Å². The van der Waals surface area contributed by atoms with Crippen molar-refractivity contribution in [2.24, 2.45) is 0 Å². The summed E-state index contributed by atoms with van der Waals surface area (Å²) >= 11 is 0. The molecule has 4 heteroatoms. The van der Waals surface area contributed by atoms with Gasteiger partial charge >= 0.3 is 0 Å². The Hall–Kier alpha value is -2.62. The van der Waals surface area contributed by atoms with Crippen LogP contribution in [0, 0.1) is 0 Å². The molecule has 0 saturated carbocycles. The second-order valence-corrected chi connectivity index (χ2v) is 4.71. The lowest BCUT2D eigenvalue weighted by atomic mass is 10.0. The number of fused-ring (bicyclic) bond motifs is 1. The predicted octanol–water partition coefficient (Wildman–Crippen LogP) is 2.73. The van der Waals surface area contributed by atoms with Crippen LogP contribution >= 0.6 is 0 Å². The van der Waals surface area contributed by atoms with Gasteiger partial charge in [-0.3, -0.25) is 9.59 Å². The Bertz CT molecular complexity index is 640. The minimum Gasteiger partial charge on any atom is -0.324 e. The molecule has 0 aromatic heterocycles. The molecule has 0 saturated heterocycles. The molecule has 1 aliphatic rings. The van der Waals surface area contributed by atoms with Gasteiger partial charge in [0.15, 0.2) is 0 Å². The van der Waals surface area contributed by atoms with Crippen LogP contribution in [0.4, 0.5) is 11.4 Å². The Kier molecular flexibility index (Phi) is 3.21. The highest BCUT2D eigenvalue weighted by atomic mass is 16.2. The summed E-state index contributed by atoms with van der Waals surface area (Å²) in [6.45, 7) is 0. The maximum atomic E-state index is 12.0. The molecule has 2 aromatic rings. The second-order valence-electron chi connectivity index (χ2n) is 4.71. The van der Waals surface area contributed by atoms with Gasteiger partial charge < -0.3 is 10.2 Å². The fourth-order valence-corrected chi connectivity index (χ4v) is 2.53. The molecule has 0 fully saturated rings. The molecule has 2 amide bonds. The van der Waals surface area contributed by atoms with E-state index < -0.39 is 0 Å². The number of rotatable bonds is 2. The highest BCUT2D eigenvalue weighted by Crippen LogP contribution is 2.36. The molecule has 1 heterocycles. The van der Waals surface area contributed by atoms with Crippen molar-refractivity contribution in [3.05, 3.63) is 60.2 Å². The van der Waals surface area contributed by atoms with Crippen LogP contribution in [-0.4, -0.2) is 12.3 Å². The number of anilines is 2. The van der Waals surface area contributed by atoms with E-state index in [1.165, 1.54) is 0 Å². The summed E-state index contributed by atoms with van der Waals surface area (Å²) in [5.41, 5.74) is 2.34. The number of nitrogens with zero attached hydrogens (tertiary/aromatic N) is 1. The average Bonchev–Trinajstić information content (AvgIpc) is 2.63. The number of hydrogen-bond donors (Lipinski definition) is 1. The fourth-order valence-electron chi connectivity index (χ4n) is 2.53. The maximum Gasteiger partial charge on any atom is 0.226 e. The van der Waals surface area contributed by atoms with E-state index in [1.807, 2.05) is 48.5 Å². The molecular weight excluding hydrogens is 252 g/mol. The van der Waals surface area contributed by atoms with E-state index in [2.05, 4.69) is 5.32 Å². The zero-order valence-electron chi connectivity index (χ0n) is 10.8. The van der Waals surface area contributed by atoms with E-state index in [9.17, 15) is 9.59 Å². The van der Waals surface area contributed by atoms with E-state index in [0.717, 1.165) is 17.7 Å². The summed E-state index contributed by atoms with van der Waals surface area (Å²) in [5.74, 6) is -0.0874. The number of carbonyl (C=O) groups excluding carboxylic acids is 2. The van der Waals surface area contributed by atoms with Crippen molar-refractivity contribution in [2.75, 3.05) is 10.2 Å². The Morgan fingerprint density at radius 3 is 2.50 bits per heavy atom. The molecule has 4 nitrogen and oxygen atoms in total. The molecule has 2 aromatic carbocycles. The Balaban J connectivity index is 2.11. The highest BCUT2D eigenvalue weighted by molar-refractivity contribution is 6.00. The van der Waals surface area contributed by atoms with Gasteiger partial charge in [-0.1, -0.05) is 42.5 Å². The highest BCUT2D eigenvalue weighted by Gasteiger charge is 2.28. The number of hydrogen-bond acceptors (Lipinski definition) is 2. The van der Waals surface area contributed by atoms with Gasteiger partial charge in [-0.15, -0.1) is 0 Å². The zero-order valence-corrected chi connectivity index (χ0v) is 10.8. The minimum absolute atomic E-state index is 0.0874. The van der Waals surface area contributed by atoms with Crippen LogP contribution in [0.25, 0.3) is 0 Å². The number of amides is 2. The predicted molar refractivity (Wildman–Crippen MR) is 77.4 cm³/mol. The molecule has 3 rings (SSSR count). The first-order valence-electron chi connectivity index (χ1n) is 6.47. The van der Waals surface area contributed by atoms with Gasteiger partial charge in [0.1, 0.15) is 0 Å². The summed E-state index contributed by atoms with van der Waals surface area (Å²) in [6.07, 6.45) is 1.04. The lowest BCUT2D eigenvalue weighted by Gasteiger charge is -2.26. The molecular formula is C16H14N2O2. The first-order valence-corrected chi connectivity index (χ1v) is 6.47. The summed E-state index contributed by atoms with van der Waals surface area (Å²) < 4.78 is 0. The second kappa shape index (κ2) is 5.17. The van der Waals surface area contributed by atoms with Crippen LogP contribution in [-0.2, 0) is 9.59 Å². The normalized spacial score (nSPS) is 17.9. The van der Waals surface area contributed by atoms with Gasteiger partial charge in [-0.25, -0.2) is 0 Å². The van der Waals surface area contributed by atoms with Gasteiger partial charge in [0.2, 0.25) is 12.3 Å². The number of benzene rings is 2. The molecule has 0 radical (unpaired) electrons. The Labute approximate surface area is 117 Å². The third kappa shape index (κ3) is 2.16. The Morgan fingerprint density at radius 1 is 1.05 bits per heavy atom. The van der Waals surface area contributed by atoms with Gasteiger partial charge in [0.25, 0.3) is 0 Å². The standard InChI is InChI=1S/C16H14N2O2/c19-11-18-14-9-5-4-8-13(14)17-16(20)10-15(18)12-6-2-1-3-7-12/h1-9,11,15H,10H2,(H,17,20). The first kappa shape index (κ1) is 12.4. The van der Waals surface area contributed by atoms with Crippen molar-refractivity contribution in [1.29, 1.82) is 0 Å². The van der Waals surface area contributed by atoms with Crippen molar-refractivity contribution in [3.8, 4) is 0 Å². The van der Waals surface area contributed by atoms with Crippen molar-refractivity contribution < 1.29 is 9.59 Å². The van der Waals surface area contributed by atoms with E-state index in [1.54, 1.807) is 11.0 Å². The fraction of sp³-hybridized carbons (Fsp3) is 0.125. The van der Waals surface area contributed by atoms with Crippen molar-refractivity contribution in [3.63, 3.8) is 0 Å². The summed E-state index contributed by atoms with van der Waals surface area (Å²) in [4.78, 5) is 25.2. The van der Waals surface area contributed by atoms with Crippen LogP contribution in [0.2, 0.25) is 0 Å². The summed E-state index contributed by atoms with van der Waals surface area (Å²) in [6, 6.07) is 16.7. The van der Waals surface area contributed by atoms with Crippen LogP contribution in [0.5, 0.6) is 0 Å². The largest absolute Gasteiger partial charge is 0.324 e. The molecule has 1 unspecified atom stereocenters. The van der Waals surface area contributed by atoms with Crippen molar-refractivity contribution >= 4 is 23.7 Å². The Morgan fingerprint density at radius 2 is 1.75 bits per heavy atom.